The number of nitrogens with one attached hydrogen (secondary N) is 1. The third-order valence-corrected chi connectivity index (χ3v) is 3.06. The van der Waals surface area contributed by atoms with Gasteiger partial charge in [0, 0.05) is 17.5 Å². The minimum absolute atomic E-state index is 0.506. The fourth-order valence-electron chi connectivity index (χ4n) is 1.86. The highest BCUT2D eigenvalue weighted by atomic mass is 35.5. The van der Waals surface area contributed by atoms with Gasteiger partial charge >= 0.3 is 0 Å². The number of hydrazone groups is 1. The summed E-state index contributed by atoms with van der Waals surface area (Å²) in [5, 5.41) is 5.13. The predicted octanol–water partition coefficient (Wildman–Crippen LogP) is 2.92. The topological polar surface area (TPSA) is 24.4 Å². The van der Waals surface area contributed by atoms with Gasteiger partial charge in [0.25, 0.3) is 0 Å². The lowest BCUT2D eigenvalue weighted by molar-refractivity contribution is 0.495. The molecule has 80 valence electrons. The summed E-state index contributed by atoms with van der Waals surface area (Å²) < 4.78 is 0. The Morgan fingerprint density at radius 2 is 2.00 bits per heavy atom. The molecule has 0 aromatic heterocycles. The number of rotatable bonds is 2. The molecule has 0 saturated carbocycles. The van der Waals surface area contributed by atoms with Gasteiger partial charge in [-0.2, -0.15) is 5.10 Å². The predicted molar refractivity (Wildman–Crippen MR) is 64.3 cm³/mol. The number of hydrogen-bond acceptors (Lipinski definition) is 2. The van der Waals surface area contributed by atoms with Crippen molar-refractivity contribution in [1.29, 1.82) is 0 Å². The van der Waals surface area contributed by atoms with Gasteiger partial charge in [-0.1, -0.05) is 37.6 Å². The van der Waals surface area contributed by atoms with Crippen LogP contribution in [0.4, 0.5) is 0 Å². The number of halogens is 1. The monoisotopic (exact) mass is 222 g/mol. The molecule has 2 nitrogen and oxygen atoms in total. The van der Waals surface area contributed by atoms with E-state index in [-0.39, 0.29) is 0 Å². The minimum atomic E-state index is 0.506. The second-order valence-electron chi connectivity index (χ2n) is 4.22. The molecule has 0 bridgehead atoms. The van der Waals surface area contributed by atoms with E-state index in [4.69, 9.17) is 11.6 Å². The molecule has 0 saturated heterocycles. The molecule has 1 aliphatic rings. The van der Waals surface area contributed by atoms with Crippen LogP contribution in [-0.4, -0.2) is 12.3 Å². The first-order valence-corrected chi connectivity index (χ1v) is 5.62. The molecule has 1 heterocycles. The number of benzene rings is 1. The molecule has 0 radical (unpaired) electrons. The maximum absolute atomic E-state index is 5.86. The fraction of sp³-hybridized carbons (Fsp3) is 0.417. The first-order chi connectivity index (χ1) is 7.18. The summed E-state index contributed by atoms with van der Waals surface area (Å²) in [7, 11) is 0. The Morgan fingerprint density at radius 1 is 1.33 bits per heavy atom. The van der Waals surface area contributed by atoms with Crippen LogP contribution in [0.25, 0.3) is 0 Å². The van der Waals surface area contributed by atoms with E-state index < -0.39 is 0 Å². The van der Waals surface area contributed by atoms with Gasteiger partial charge in [0.05, 0.1) is 5.71 Å². The van der Waals surface area contributed by atoms with E-state index in [1.807, 2.05) is 24.3 Å². The van der Waals surface area contributed by atoms with Crippen LogP contribution in [0.1, 0.15) is 19.4 Å². The van der Waals surface area contributed by atoms with E-state index >= 15 is 0 Å². The Bertz CT molecular complexity index is 368. The van der Waals surface area contributed by atoms with E-state index in [1.54, 1.807) is 0 Å². The molecular formula is C12H15ClN2. The Balaban J connectivity index is 2.27. The zero-order valence-electron chi connectivity index (χ0n) is 9.00. The maximum Gasteiger partial charge on any atom is 0.0726 e. The highest BCUT2D eigenvalue weighted by Crippen LogP contribution is 2.22. The Hall–Kier alpha value is -1.02. The van der Waals surface area contributed by atoms with Crippen LogP contribution in [0, 0.1) is 11.8 Å². The summed E-state index contributed by atoms with van der Waals surface area (Å²) in [5.41, 5.74) is 5.40. The van der Waals surface area contributed by atoms with Crippen LogP contribution in [0.5, 0.6) is 0 Å². The summed E-state index contributed by atoms with van der Waals surface area (Å²) in [6.45, 7) is 5.39. The first-order valence-electron chi connectivity index (χ1n) is 5.25. The Kier molecular flexibility index (Phi) is 2.96. The Morgan fingerprint density at radius 3 is 2.60 bits per heavy atom. The van der Waals surface area contributed by atoms with Gasteiger partial charge in [-0.25, -0.2) is 0 Å². The molecule has 0 aliphatic carbocycles. The van der Waals surface area contributed by atoms with Gasteiger partial charge in [0.1, 0.15) is 0 Å². The average molecular weight is 223 g/mol. The quantitative estimate of drug-likeness (QED) is 0.818. The third kappa shape index (κ3) is 2.15. The van der Waals surface area contributed by atoms with Crippen molar-refractivity contribution in [3.05, 3.63) is 34.9 Å². The minimum Gasteiger partial charge on any atom is -0.309 e. The molecule has 1 atom stereocenters. The zero-order chi connectivity index (χ0) is 10.8. The lowest BCUT2D eigenvalue weighted by atomic mass is 9.88. The summed E-state index contributed by atoms with van der Waals surface area (Å²) in [4.78, 5) is 0. The van der Waals surface area contributed by atoms with Gasteiger partial charge in [0.15, 0.2) is 0 Å². The van der Waals surface area contributed by atoms with E-state index in [0.29, 0.717) is 11.8 Å². The molecule has 0 fully saturated rings. The number of hydrogen-bond donors (Lipinski definition) is 1. The van der Waals surface area contributed by atoms with Crippen molar-refractivity contribution >= 4 is 17.3 Å². The molecule has 15 heavy (non-hydrogen) atoms. The van der Waals surface area contributed by atoms with Crippen molar-refractivity contribution in [2.75, 3.05) is 6.54 Å². The highest BCUT2D eigenvalue weighted by Gasteiger charge is 2.25. The largest absolute Gasteiger partial charge is 0.309 e. The lowest BCUT2D eigenvalue weighted by Gasteiger charge is -2.15. The van der Waals surface area contributed by atoms with Crippen LogP contribution in [-0.2, 0) is 0 Å². The molecule has 1 N–H and O–H groups in total. The van der Waals surface area contributed by atoms with Gasteiger partial charge in [-0.05, 0) is 23.6 Å². The molecule has 1 unspecified atom stereocenters. The molecular weight excluding hydrogens is 208 g/mol. The molecule has 3 heteroatoms. The second-order valence-corrected chi connectivity index (χ2v) is 4.65. The Labute approximate surface area is 95.3 Å². The van der Waals surface area contributed by atoms with E-state index in [1.165, 1.54) is 5.56 Å². The van der Waals surface area contributed by atoms with Crippen molar-refractivity contribution < 1.29 is 0 Å². The fourth-order valence-corrected chi connectivity index (χ4v) is 1.99. The van der Waals surface area contributed by atoms with E-state index in [0.717, 1.165) is 17.3 Å². The standard InChI is InChI=1S/C12H15ClN2/c1-8(2)11-7-14-15-12(11)9-3-5-10(13)6-4-9/h3-6,8,11,14H,7H2,1-2H3. The molecule has 0 spiro atoms. The molecule has 1 aromatic rings. The van der Waals surface area contributed by atoms with Crippen molar-refractivity contribution in [3.63, 3.8) is 0 Å². The lowest BCUT2D eigenvalue weighted by Crippen LogP contribution is -2.22. The summed E-state index contributed by atoms with van der Waals surface area (Å²) in [6.07, 6.45) is 0. The highest BCUT2D eigenvalue weighted by molar-refractivity contribution is 6.30. The van der Waals surface area contributed by atoms with Crippen LogP contribution in [0.2, 0.25) is 5.02 Å². The molecule has 2 rings (SSSR count). The van der Waals surface area contributed by atoms with Gasteiger partial charge < -0.3 is 5.43 Å². The average Bonchev–Trinajstić information content (AvgIpc) is 2.67. The molecule has 0 amide bonds. The van der Waals surface area contributed by atoms with Gasteiger partial charge in [-0.3, -0.25) is 0 Å². The number of nitrogens with zero attached hydrogens (tertiary/aromatic N) is 1. The summed E-state index contributed by atoms with van der Waals surface area (Å²) in [5.74, 6) is 1.11. The smallest absolute Gasteiger partial charge is 0.0726 e. The van der Waals surface area contributed by atoms with E-state index in [9.17, 15) is 0 Å². The molecule has 1 aromatic carbocycles. The second kappa shape index (κ2) is 4.23. The van der Waals surface area contributed by atoms with Crippen molar-refractivity contribution in [2.45, 2.75) is 13.8 Å². The normalized spacial score (nSPS) is 20.3. The van der Waals surface area contributed by atoms with Crippen molar-refractivity contribution in [1.82, 2.24) is 5.43 Å². The van der Waals surface area contributed by atoms with Crippen molar-refractivity contribution in [2.24, 2.45) is 16.9 Å². The maximum atomic E-state index is 5.86. The summed E-state index contributed by atoms with van der Waals surface area (Å²) >= 11 is 5.86. The van der Waals surface area contributed by atoms with Crippen LogP contribution in [0.15, 0.2) is 29.4 Å². The van der Waals surface area contributed by atoms with Crippen LogP contribution >= 0.6 is 11.6 Å². The SMILES string of the molecule is CC(C)C1CNN=C1c1ccc(Cl)cc1. The van der Waals surface area contributed by atoms with Gasteiger partial charge in [-0.15, -0.1) is 0 Å². The molecule has 1 aliphatic heterocycles. The van der Waals surface area contributed by atoms with Gasteiger partial charge in [0.2, 0.25) is 0 Å². The van der Waals surface area contributed by atoms with Crippen molar-refractivity contribution in [3.8, 4) is 0 Å². The van der Waals surface area contributed by atoms with Crippen LogP contribution < -0.4 is 5.43 Å². The summed E-state index contributed by atoms with van der Waals surface area (Å²) in [6, 6.07) is 7.89. The zero-order valence-corrected chi connectivity index (χ0v) is 9.75. The van der Waals surface area contributed by atoms with Crippen LogP contribution in [0.3, 0.4) is 0 Å². The first kappa shape index (κ1) is 10.5. The van der Waals surface area contributed by atoms with E-state index in [2.05, 4.69) is 24.4 Å². The third-order valence-electron chi connectivity index (χ3n) is 2.81.